The molecule has 0 saturated heterocycles. The fourth-order valence-electron chi connectivity index (χ4n) is 2.69. The molecule has 0 spiro atoms. The van der Waals surface area contributed by atoms with E-state index in [0.717, 1.165) is 10.1 Å². The number of benzene rings is 1. The van der Waals surface area contributed by atoms with Gasteiger partial charge in [0.1, 0.15) is 5.82 Å². The van der Waals surface area contributed by atoms with Gasteiger partial charge in [0.15, 0.2) is 16.3 Å². The predicted octanol–water partition coefficient (Wildman–Crippen LogP) is 2.86. The molecule has 2 aromatic heterocycles. The van der Waals surface area contributed by atoms with Crippen molar-refractivity contribution in [2.45, 2.75) is 18.6 Å². The second-order valence-electron chi connectivity index (χ2n) is 6.09. The number of halogens is 2. The van der Waals surface area contributed by atoms with Gasteiger partial charge in [-0.25, -0.2) is 14.2 Å². The number of allylic oxidation sites excluding steroid dienone is 1. The monoisotopic (exact) mass is 408 g/mol. The SMILES string of the molecule is C/C(Cl)=C\CSc1nc2c(c(=O)n(C)c(=O)n2C)n1Cc1ccc(F)cc1. The van der Waals surface area contributed by atoms with Crippen LogP contribution >= 0.6 is 23.4 Å². The smallest absolute Gasteiger partial charge is 0.309 e. The van der Waals surface area contributed by atoms with Crippen LogP contribution in [0.4, 0.5) is 4.39 Å². The lowest BCUT2D eigenvalue weighted by Gasteiger charge is -2.09. The van der Waals surface area contributed by atoms with Crippen molar-refractivity contribution in [3.05, 3.63) is 67.6 Å². The van der Waals surface area contributed by atoms with E-state index >= 15 is 0 Å². The van der Waals surface area contributed by atoms with E-state index in [1.54, 1.807) is 30.7 Å². The Hall–Kier alpha value is -2.32. The summed E-state index contributed by atoms with van der Waals surface area (Å²) in [5.41, 5.74) is 0.611. The fraction of sp³-hybridized carbons (Fsp3) is 0.278. The van der Waals surface area contributed by atoms with Crippen molar-refractivity contribution in [2.24, 2.45) is 14.1 Å². The summed E-state index contributed by atoms with van der Waals surface area (Å²) in [6.45, 7) is 2.11. The molecule has 0 unspecified atom stereocenters. The first kappa shape index (κ1) is 19.4. The first-order valence-electron chi connectivity index (χ1n) is 8.15. The van der Waals surface area contributed by atoms with Gasteiger partial charge in [-0.3, -0.25) is 13.9 Å². The molecule has 3 rings (SSSR count). The van der Waals surface area contributed by atoms with Crippen molar-refractivity contribution >= 4 is 34.5 Å². The summed E-state index contributed by atoms with van der Waals surface area (Å²) in [5.74, 6) is 0.237. The highest BCUT2D eigenvalue weighted by Gasteiger charge is 2.19. The lowest BCUT2D eigenvalue weighted by molar-refractivity contribution is 0.625. The van der Waals surface area contributed by atoms with Crippen molar-refractivity contribution in [2.75, 3.05) is 5.75 Å². The van der Waals surface area contributed by atoms with E-state index in [0.29, 0.717) is 33.7 Å². The van der Waals surface area contributed by atoms with E-state index in [2.05, 4.69) is 4.98 Å². The zero-order valence-corrected chi connectivity index (χ0v) is 16.6. The maximum atomic E-state index is 13.2. The summed E-state index contributed by atoms with van der Waals surface area (Å²) in [4.78, 5) is 29.5. The topological polar surface area (TPSA) is 61.8 Å². The molecule has 0 fully saturated rings. The maximum Gasteiger partial charge on any atom is 0.332 e. The molecule has 0 saturated carbocycles. The molecular formula is C18H18ClFN4O2S. The van der Waals surface area contributed by atoms with Gasteiger partial charge in [0.2, 0.25) is 0 Å². The van der Waals surface area contributed by atoms with Gasteiger partial charge in [0.25, 0.3) is 5.56 Å². The Morgan fingerprint density at radius 3 is 2.52 bits per heavy atom. The molecule has 6 nitrogen and oxygen atoms in total. The van der Waals surface area contributed by atoms with Crippen LogP contribution in [0.2, 0.25) is 0 Å². The molecule has 0 radical (unpaired) electrons. The Bertz CT molecular complexity index is 1140. The Morgan fingerprint density at radius 2 is 1.89 bits per heavy atom. The lowest BCUT2D eigenvalue weighted by atomic mass is 10.2. The maximum absolute atomic E-state index is 13.2. The molecule has 0 atom stereocenters. The molecule has 3 aromatic rings. The molecule has 0 aliphatic rings. The number of aromatic nitrogens is 4. The van der Waals surface area contributed by atoms with Crippen LogP contribution in [0.15, 0.2) is 50.1 Å². The fourth-order valence-corrected chi connectivity index (χ4v) is 3.80. The van der Waals surface area contributed by atoms with Crippen molar-refractivity contribution in [3.63, 3.8) is 0 Å². The van der Waals surface area contributed by atoms with Crippen molar-refractivity contribution in [1.82, 2.24) is 18.7 Å². The van der Waals surface area contributed by atoms with E-state index in [4.69, 9.17) is 11.6 Å². The average molecular weight is 409 g/mol. The minimum absolute atomic E-state index is 0.319. The first-order valence-corrected chi connectivity index (χ1v) is 9.51. The first-order chi connectivity index (χ1) is 12.8. The van der Waals surface area contributed by atoms with Gasteiger partial charge < -0.3 is 4.57 Å². The zero-order chi connectivity index (χ0) is 19.7. The van der Waals surface area contributed by atoms with Crippen molar-refractivity contribution in [1.29, 1.82) is 0 Å². The second kappa shape index (κ2) is 7.74. The Labute approximate surface area is 163 Å². The molecule has 0 N–H and O–H groups in total. The van der Waals surface area contributed by atoms with Crippen LogP contribution in [0.5, 0.6) is 0 Å². The molecule has 0 aliphatic heterocycles. The summed E-state index contributed by atoms with van der Waals surface area (Å²) in [5, 5.41) is 1.24. The van der Waals surface area contributed by atoms with Gasteiger partial charge in [-0.1, -0.05) is 41.6 Å². The zero-order valence-electron chi connectivity index (χ0n) is 15.1. The summed E-state index contributed by atoms with van der Waals surface area (Å²) in [7, 11) is 3.02. The number of nitrogens with zero attached hydrogens (tertiary/aromatic N) is 4. The van der Waals surface area contributed by atoms with E-state index in [-0.39, 0.29) is 5.82 Å². The number of thioether (sulfide) groups is 1. The second-order valence-corrected chi connectivity index (χ2v) is 7.67. The quantitative estimate of drug-likeness (QED) is 0.609. The highest BCUT2D eigenvalue weighted by atomic mass is 35.5. The van der Waals surface area contributed by atoms with Gasteiger partial charge in [-0.15, -0.1) is 0 Å². The van der Waals surface area contributed by atoms with Crippen molar-refractivity contribution in [3.8, 4) is 0 Å². The van der Waals surface area contributed by atoms with E-state index in [9.17, 15) is 14.0 Å². The van der Waals surface area contributed by atoms with Crippen molar-refractivity contribution < 1.29 is 4.39 Å². The number of hydrogen-bond acceptors (Lipinski definition) is 4. The number of imidazole rings is 1. The highest BCUT2D eigenvalue weighted by molar-refractivity contribution is 7.99. The van der Waals surface area contributed by atoms with E-state index in [1.165, 1.54) is 35.5 Å². The Kier molecular flexibility index (Phi) is 5.57. The molecule has 142 valence electrons. The summed E-state index contributed by atoms with van der Waals surface area (Å²) in [6, 6.07) is 6.05. The molecule has 0 amide bonds. The number of fused-ring (bicyclic) bond motifs is 1. The van der Waals surface area contributed by atoms with Crippen LogP contribution in [-0.2, 0) is 20.6 Å². The summed E-state index contributed by atoms with van der Waals surface area (Å²) >= 11 is 7.29. The number of hydrogen-bond donors (Lipinski definition) is 0. The van der Waals surface area contributed by atoms with Crippen LogP contribution < -0.4 is 11.2 Å². The standard InChI is InChI=1S/C18H18ClFN4O2S/c1-11(19)8-9-27-17-21-15-14(16(25)23(3)18(26)22(15)2)24(17)10-12-4-6-13(20)7-5-12/h4-8H,9-10H2,1-3H3/b11-8+. The molecule has 0 aliphatic carbocycles. The van der Waals surface area contributed by atoms with Crippen LogP contribution in [0.25, 0.3) is 11.2 Å². The van der Waals surface area contributed by atoms with E-state index < -0.39 is 11.2 Å². The number of aryl methyl sites for hydroxylation is 1. The normalized spacial score (nSPS) is 12.1. The summed E-state index contributed by atoms with van der Waals surface area (Å²) < 4.78 is 17.4. The van der Waals surface area contributed by atoms with Gasteiger partial charge >= 0.3 is 5.69 Å². The van der Waals surface area contributed by atoms with Gasteiger partial charge in [0, 0.05) is 24.9 Å². The molecule has 1 aromatic carbocycles. The number of rotatable bonds is 5. The minimum atomic E-state index is -0.438. The lowest BCUT2D eigenvalue weighted by Crippen LogP contribution is -2.37. The van der Waals surface area contributed by atoms with Crippen LogP contribution in [0, 0.1) is 5.82 Å². The Morgan fingerprint density at radius 1 is 1.22 bits per heavy atom. The predicted molar refractivity (Wildman–Crippen MR) is 106 cm³/mol. The van der Waals surface area contributed by atoms with Crippen LogP contribution in [0.1, 0.15) is 12.5 Å². The molecular weight excluding hydrogens is 391 g/mol. The van der Waals surface area contributed by atoms with Gasteiger partial charge in [-0.05, 0) is 24.6 Å². The van der Waals surface area contributed by atoms with Crippen LogP contribution in [0.3, 0.4) is 0 Å². The third-order valence-corrected chi connectivity index (χ3v) is 5.20. The Balaban J connectivity index is 2.19. The van der Waals surface area contributed by atoms with E-state index in [1.807, 2.05) is 6.08 Å². The molecule has 2 heterocycles. The molecule has 0 bridgehead atoms. The highest BCUT2D eigenvalue weighted by Crippen LogP contribution is 2.23. The van der Waals surface area contributed by atoms with Gasteiger partial charge in [0.05, 0.1) is 6.54 Å². The third-order valence-electron chi connectivity index (χ3n) is 4.14. The largest absolute Gasteiger partial charge is 0.332 e. The molecule has 9 heteroatoms. The average Bonchev–Trinajstić information content (AvgIpc) is 2.98. The minimum Gasteiger partial charge on any atom is -0.309 e. The van der Waals surface area contributed by atoms with Gasteiger partial charge in [-0.2, -0.15) is 0 Å². The third kappa shape index (κ3) is 3.86. The molecule has 27 heavy (non-hydrogen) atoms. The van der Waals surface area contributed by atoms with Crippen LogP contribution in [-0.4, -0.2) is 24.4 Å². The summed E-state index contributed by atoms with van der Waals surface area (Å²) in [6.07, 6.45) is 1.84.